The molecule has 2 amide bonds. The van der Waals surface area contributed by atoms with Gasteiger partial charge in [0.2, 0.25) is 5.91 Å². The lowest BCUT2D eigenvalue weighted by molar-refractivity contribution is -0.148. The number of nitrogens with one attached hydrogen (secondary N) is 1. The van der Waals surface area contributed by atoms with Crippen molar-refractivity contribution in [1.82, 2.24) is 20.0 Å². The first-order chi connectivity index (χ1) is 11.5. The molecule has 0 radical (unpaired) electrons. The molecule has 3 rings (SSSR count). The van der Waals surface area contributed by atoms with Gasteiger partial charge < -0.3 is 20.1 Å². The van der Waals surface area contributed by atoms with Crippen molar-refractivity contribution in [2.45, 2.75) is 24.5 Å². The lowest BCUT2D eigenvalue weighted by atomic mass is 9.94. The topological polar surface area (TPSA) is 96.7 Å². The largest absolute Gasteiger partial charge is 0.384 e. The number of aromatic nitrogens is 2. The van der Waals surface area contributed by atoms with Crippen molar-refractivity contribution in [3.8, 4) is 0 Å². The number of nitrogens with zero attached hydrogens (tertiary/aromatic N) is 3. The van der Waals surface area contributed by atoms with Gasteiger partial charge in [0.15, 0.2) is 0 Å². The van der Waals surface area contributed by atoms with Crippen molar-refractivity contribution in [3.05, 3.63) is 30.6 Å². The van der Waals surface area contributed by atoms with Crippen molar-refractivity contribution in [3.63, 3.8) is 0 Å². The van der Waals surface area contributed by atoms with E-state index in [-0.39, 0.29) is 37.5 Å². The van der Waals surface area contributed by atoms with Gasteiger partial charge in [-0.2, -0.15) is 5.10 Å². The molecule has 130 valence electrons. The van der Waals surface area contributed by atoms with Crippen molar-refractivity contribution >= 4 is 11.8 Å². The Kier molecular flexibility index (Phi) is 4.68. The van der Waals surface area contributed by atoms with Crippen LogP contribution in [0.15, 0.2) is 24.9 Å². The molecule has 8 heteroatoms. The number of amides is 2. The molecule has 1 aromatic heterocycles. The van der Waals surface area contributed by atoms with Crippen LogP contribution >= 0.6 is 0 Å². The summed E-state index contributed by atoms with van der Waals surface area (Å²) in [5.74, 6) is -0.552. The quantitative estimate of drug-likeness (QED) is 0.722. The normalized spacial score (nSPS) is 20.3. The lowest BCUT2D eigenvalue weighted by Gasteiger charge is -2.45. The Bertz CT molecular complexity index is 630. The van der Waals surface area contributed by atoms with Gasteiger partial charge in [-0.1, -0.05) is 6.58 Å². The molecule has 0 saturated carbocycles. The molecule has 0 unspecified atom stereocenters. The van der Waals surface area contributed by atoms with E-state index in [4.69, 9.17) is 4.74 Å². The highest BCUT2D eigenvalue weighted by molar-refractivity contribution is 5.92. The van der Waals surface area contributed by atoms with Crippen LogP contribution in [0.4, 0.5) is 0 Å². The van der Waals surface area contributed by atoms with Gasteiger partial charge >= 0.3 is 0 Å². The van der Waals surface area contributed by atoms with Crippen LogP contribution in [-0.4, -0.2) is 70.1 Å². The van der Waals surface area contributed by atoms with Gasteiger partial charge in [0.25, 0.3) is 5.91 Å². The Hall–Kier alpha value is -2.19. The summed E-state index contributed by atoms with van der Waals surface area (Å²) in [6.45, 7) is 5.28. The van der Waals surface area contributed by atoms with E-state index in [0.717, 1.165) is 12.8 Å². The third-order valence-electron chi connectivity index (χ3n) is 4.44. The van der Waals surface area contributed by atoms with Crippen molar-refractivity contribution in [1.29, 1.82) is 0 Å². The summed E-state index contributed by atoms with van der Waals surface area (Å²) in [7, 11) is 0. The number of rotatable bonds is 5. The lowest BCUT2D eigenvalue weighted by Crippen LogP contribution is -2.67. The van der Waals surface area contributed by atoms with Crippen LogP contribution in [0.2, 0.25) is 0 Å². The number of hydrogen-bond acceptors (Lipinski definition) is 5. The molecule has 0 aliphatic carbocycles. The fourth-order valence-corrected chi connectivity index (χ4v) is 3.01. The van der Waals surface area contributed by atoms with Gasteiger partial charge in [-0.3, -0.25) is 14.3 Å². The summed E-state index contributed by atoms with van der Waals surface area (Å²) in [6.07, 6.45) is 4.78. The maximum atomic E-state index is 12.2. The van der Waals surface area contributed by atoms with Crippen LogP contribution in [0.3, 0.4) is 0 Å². The first-order valence-electron chi connectivity index (χ1n) is 8.05. The van der Waals surface area contributed by atoms with E-state index in [0.29, 0.717) is 18.9 Å². The standard InChI is InChI=1S/C16H22N4O4/c1-2-14(21)19-10-16(23,11-19)9-17-15(22)13-3-6-20(18-13)12-4-7-24-8-5-12/h2-3,6,12,23H,1,4-5,7-11H2,(H,17,22). The smallest absolute Gasteiger partial charge is 0.271 e. The Morgan fingerprint density at radius 1 is 1.46 bits per heavy atom. The van der Waals surface area contributed by atoms with Crippen molar-refractivity contribution in [2.75, 3.05) is 32.8 Å². The number of carbonyl (C=O) groups excluding carboxylic acids is 2. The molecule has 0 bridgehead atoms. The summed E-state index contributed by atoms with van der Waals surface area (Å²) >= 11 is 0. The highest BCUT2D eigenvalue weighted by Crippen LogP contribution is 2.21. The Balaban J connectivity index is 1.50. The van der Waals surface area contributed by atoms with Crippen molar-refractivity contribution < 1.29 is 19.4 Å². The van der Waals surface area contributed by atoms with Crippen LogP contribution in [0, 0.1) is 0 Å². The number of β-amino-alcohol motifs (C(OH)–C–C–N with tert-alkyl or cyclic N) is 1. The van der Waals surface area contributed by atoms with E-state index < -0.39 is 5.60 Å². The zero-order valence-electron chi connectivity index (χ0n) is 13.5. The average molecular weight is 334 g/mol. The second-order valence-electron chi connectivity index (χ2n) is 6.33. The third-order valence-corrected chi connectivity index (χ3v) is 4.44. The van der Waals surface area contributed by atoms with E-state index in [9.17, 15) is 14.7 Å². The zero-order valence-corrected chi connectivity index (χ0v) is 13.5. The van der Waals surface area contributed by atoms with Gasteiger partial charge in [-0.25, -0.2) is 0 Å². The highest BCUT2D eigenvalue weighted by atomic mass is 16.5. The van der Waals surface area contributed by atoms with Crippen LogP contribution < -0.4 is 5.32 Å². The molecule has 2 saturated heterocycles. The van der Waals surface area contributed by atoms with Gasteiger partial charge in [-0.05, 0) is 25.0 Å². The number of carbonyl (C=O) groups is 2. The fraction of sp³-hybridized carbons (Fsp3) is 0.562. The SMILES string of the molecule is C=CC(=O)N1CC(O)(CNC(=O)c2ccn(C3CCOCC3)n2)C1. The zero-order chi connectivity index (χ0) is 17.2. The van der Waals surface area contributed by atoms with Gasteiger partial charge in [0.1, 0.15) is 11.3 Å². The molecule has 0 spiro atoms. The number of ether oxygens (including phenoxy) is 1. The van der Waals surface area contributed by atoms with E-state index in [1.165, 1.54) is 11.0 Å². The first kappa shape index (κ1) is 16.7. The molecule has 2 fully saturated rings. The monoisotopic (exact) mass is 334 g/mol. The van der Waals surface area contributed by atoms with E-state index >= 15 is 0 Å². The van der Waals surface area contributed by atoms with E-state index in [2.05, 4.69) is 17.0 Å². The molecular weight excluding hydrogens is 312 g/mol. The maximum Gasteiger partial charge on any atom is 0.271 e. The number of hydrogen-bond donors (Lipinski definition) is 2. The van der Waals surface area contributed by atoms with Crippen molar-refractivity contribution in [2.24, 2.45) is 0 Å². The van der Waals surface area contributed by atoms with Crippen LogP contribution in [-0.2, 0) is 9.53 Å². The molecule has 2 aliphatic rings. The summed E-state index contributed by atoms with van der Waals surface area (Å²) < 4.78 is 7.13. The second-order valence-corrected chi connectivity index (χ2v) is 6.33. The molecule has 1 aromatic rings. The molecule has 3 heterocycles. The van der Waals surface area contributed by atoms with Crippen LogP contribution in [0.25, 0.3) is 0 Å². The molecule has 24 heavy (non-hydrogen) atoms. The number of aliphatic hydroxyl groups is 1. The minimum Gasteiger partial charge on any atom is -0.384 e. The predicted octanol–water partition coefficient (Wildman–Crippen LogP) is -0.276. The Labute approximate surface area is 140 Å². The molecule has 0 aromatic carbocycles. The number of likely N-dealkylation sites (tertiary alicyclic amines) is 1. The van der Waals surface area contributed by atoms with Gasteiger partial charge in [-0.15, -0.1) is 0 Å². The Morgan fingerprint density at radius 3 is 2.83 bits per heavy atom. The third kappa shape index (κ3) is 3.49. The minimum absolute atomic E-state index is 0.0802. The Morgan fingerprint density at radius 2 is 2.17 bits per heavy atom. The second kappa shape index (κ2) is 6.74. The summed E-state index contributed by atoms with van der Waals surface area (Å²) in [4.78, 5) is 25.0. The summed E-state index contributed by atoms with van der Waals surface area (Å²) in [5.41, 5.74) is -0.763. The summed E-state index contributed by atoms with van der Waals surface area (Å²) in [5, 5.41) is 17.3. The van der Waals surface area contributed by atoms with Gasteiger partial charge in [0.05, 0.1) is 25.7 Å². The van der Waals surface area contributed by atoms with E-state index in [1.807, 2.05) is 0 Å². The molecule has 0 atom stereocenters. The predicted molar refractivity (Wildman–Crippen MR) is 85.4 cm³/mol. The van der Waals surface area contributed by atoms with Crippen LogP contribution in [0.5, 0.6) is 0 Å². The average Bonchev–Trinajstić information content (AvgIpc) is 3.07. The van der Waals surface area contributed by atoms with E-state index in [1.54, 1.807) is 16.9 Å². The highest BCUT2D eigenvalue weighted by Gasteiger charge is 2.43. The maximum absolute atomic E-state index is 12.2. The van der Waals surface area contributed by atoms with Gasteiger partial charge in [0, 0.05) is 19.4 Å². The first-order valence-corrected chi connectivity index (χ1v) is 8.05. The molecule has 2 N–H and O–H groups in total. The summed E-state index contributed by atoms with van der Waals surface area (Å²) in [6, 6.07) is 1.93. The molecule has 8 nitrogen and oxygen atoms in total. The molecular formula is C16H22N4O4. The minimum atomic E-state index is -1.09. The fourth-order valence-electron chi connectivity index (χ4n) is 3.01. The van der Waals surface area contributed by atoms with Crippen LogP contribution in [0.1, 0.15) is 29.4 Å². The molecule has 2 aliphatic heterocycles.